The summed E-state index contributed by atoms with van der Waals surface area (Å²) in [6, 6.07) is 6.72. The molecule has 0 saturated heterocycles. The molecule has 1 heterocycles. The van der Waals surface area contributed by atoms with Crippen LogP contribution in [0.3, 0.4) is 0 Å². The number of hydrogen-bond acceptors (Lipinski definition) is 4. The van der Waals surface area contributed by atoms with Gasteiger partial charge in [0, 0.05) is 19.2 Å². The quantitative estimate of drug-likeness (QED) is 0.710. The van der Waals surface area contributed by atoms with E-state index in [9.17, 15) is 0 Å². The average Bonchev–Trinajstić information content (AvgIpc) is 3.20. The first kappa shape index (κ1) is 14.7. The molecule has 1 unspecified atom stereocenters. The average molecular weight is 291 g/mol. The van der Waals surface area contributed by atoms with E-state index in [1.807, 2.05) is 6.07 Å². The molecule has 1 atom stereocenters. The molecule has 1 aromatic carbocycles. The highest BCUT2D eigenvalue weighted by atomic mass is 16.7. The first-order valence-corrected chi connectivity index (χ1v) is 8.01. The molecule has 4 heteroatoms. The Kier molecular flexibility index (Phi) is 4.99. The molecule has 21 heavy (non-hydrogen) atoms. The van der Waals surface area contributed by atoms with Crippen LogP contribution in [-0.4, -0.2) is 32.6 Å². The normalized spacial score (nSPS) is 18.0. The van der Waals surface area contributed by atoms with E-state index in [-0.39, 0.29) is 0 Å². The number of hydrogen-bond donors (Lipinski definition) is 1. The summed E-state index contributed by atoms with van der Waals surface area (Å²) in [4.78, 5) is 0. The van der Waals surface area contributed by atoms with Crippen molar-refractivity contribution in [3.8, 4) is 11.5 Å². The minimum atomic E-state index is 0.345. The molecule has 3 rings (SSSR count). The van der Waals surface area contributed by atoms with E-state index >= 15 is 0 Å². The van der Waals surface area contributed by atoms with Gasteiger partial charge < -0.3 is 19.5 Å². The van der Waals surface area contributed by atoms with Crippen LogP contribution in [0.25, 0.3) is 0 Å². The van der Waals surface area contributed by atoms with Crippen LogP contribution in [0.1, 0.15) is 31.7 Å². The van der Waals surface area contributed by atoms with Gasteiger partial charge in [-0.05, 0) is 56.2 Å². The van der Waals surface area contributed by atoms with Gasteiger partial charge >= 0.3 is 0 Å². The predicted octanol–water partition coefficient (Wildman–Crippen LogP) is 2.75. The summed E-state index contributed by atoms with van der Waals surface area (Å²) in [6.45, 7) is 5.29. The van der Waals surface area contributed by atoms with Crippen LogP contribution in [0.15, 0.2) is 18.2 Å². The van der Waals surface area contributed by atoms with Crippen molar-refractivity contribution in [2.75, 3.05) is 26.6 Å². The van der Waals surface area contributed by atoms with E-state index in [0.29, 0.717) is 12.8 Å². The highest BCUT2D eigenvalue weighted by molar-refractivity contribution is 5.44. The summed E-state index contributed by atoms with van der Waals surface area (Å²) in [5.41, 5.74) is 1.30. The number of benzene rings is 1. The van der Waals surface area contributed by atoms with Gasteiger partial charge in [-0.3, -0.25) is 0 Å². The van der Waals surface area contributed by atoms with Gasteiger partial charge in [0.2, 0.25) is 6.79 Å². The van der Waals surface area contributed by atoms with Gasteiger partial charge in [0.05, 0.1) is 6.61 Å². The van der Waals surface area contributed by atoms with Crippen molar-refractivity contribution >= 4 is 0 Å². The van der Waals surface area contributed by atoms with Crippen molar-refractivity contribution in [2.45, 2.75) is 38.6 Å². The van der Waals surface area contributed by atoms with Crippen molar-refractivity contribution < 1.29 is 14.2 Å². The standard InChI is InChI=1S/C17H25NO3/c1-13(18-8-9-19-11-15-4-5-15)2-3-14-6-7-16-17(10-14)21-12-20-16/h6-7,10,13,15,18H,2-5,8-9,11-12H2,1H3. The maximum Gasteiger partial charge on any atom is 0.231 e. The lowest BCUT2D eigenvalue weighted by Gasteiger charge is -2.14. The molecule has 1 N–H and O–H groups in total. The molecule has 0 radical (unpaired) electrons. The van der Waals surface area contributed by atoms with Crippen LogP contribution >= 0.6 is 0 Å². The van der Waals surface area contributed by atoms with Gasteiger partial charge in [-0.25, -0.2) is 0 Å². The van der Waals surface area contributed by atoms with Crippen molar-refractivity contribution in [3.05, 3.63) is 23.8 Å². The number of fused-ring (bicyclic) bond motifs is 1. The second-order valence-electron chi connectivity index (χ2n) is 6.10. The molecule has 0 amide bonds. The fourth-order valence-electron chi connectivity index (χ4n) is 2.49. The van der Waals surface area contributed by atoms with E-state index in [2.05, 4.69) is 24.4 Å². The van der Waals surface area contributed by atoms with Gasteiger partial charge in [0.25, 0.3) is 0 Å². The Labute approximate surface area is 126 Å². The van der Waals surface area contributed by atoms with Crippen LogP contribution in [0.4, 0.5) is 0 Å². The van der Waals surface area contributed by atoms with E-state index in [0.717, 1.165) is 50.0 Å². The van der Waals surface area contributed by atoms with Gasteiger partial charge in [-0.15, -0.1) is 0 Å². The molecular weight excluding hydrogens is 266 g/mol. The molecule has 2 aliphatic rings. The fraction of sp³-hybridized carbons (Fsp3) is 0.647. The fourth-order valence-corrected chi connectivity index (χ4v) is 2.49. The Balaban J connectivity index is 1.30. The molecule has 0 aromatic heterocycles. The number of ether oxygens (including phenoxy) is 3. The van der Waals surface area contributed by atoms with Crippen molar-refractivity contribution in [1.29, 1.82) is 0 Å². The molecule has 1 aromatic rings. The molecule has 4 nitrogen and oxygen atoms in total. The van der Waals surface area contributed by atoms with Crippen LogP contribution in [0, 0.1) is 5.92 Å². The number of aryl methyl sites for hydroxylation is 1. The number of rotatable bonds is 9. The molecule has 116 valence electrons. The van der Waals surface area contributed by atoms with E-state index in [1.54, 1.807) is 0 Å². The highest BCUT2D eigenvalue weighted by Crippen LogP contribution is 2.32. The van der Waals surface area contributed by atoms with Crippen molar-refractivity contribution in [1.82, 2.24) is 5.32 Å². The highest BCUT2D eigenvalue weighted by Gasteiger charge is 2.20. The van der Waals surface area contributed by atoms with Crippen LogP contribution in [0.5, 0.6) is 11.5 Å². The Hall–Kier alpha value is -1.26. The third-order valence-corrected chi connectivity index (χ3v) is 4.09. The third kappa shape index (κ3) is 4.61. The summed E-state index contributed by atoms with van der Waals surface area (Å²) in [5, 5.41) is 3.52. The minimum Gasteiger partial charge on any atom is -0.454 e. The lowest BCUT2D eigenvalue weighted by molar-refractivity contribution is 0.124. The van der Waals surface area contributed by atoms with Crippen molar-refractivity contribution in [3.63, 3.8) is 0 Å². The SMILES string of the molecule is CC(CCc1ccc2c(c1)OCO2)NCCOCC1CC1. The summed E-state index contributed by atoms with van der Waals surface area (Å²) in [5.74, 6) is 2.59. The predicted molar refractivity (Wildman–Crippen MR) is 81.9 cm³/mol. The summed E-state index contributed by atoms with van der Waals surface area (Å²) in [6.07, 6.45) is 4.88. The zero-order valence-corrected chi connectivity index (χ0v) is 12.8. The van der Waals surface area contributed by atoms with Gasteiger partial charge in [-0.2, -0.15) is 0 Å². The molecule has 0 spiro atoms. The second-order valence-corrected chi connectivity index (χ2v) is 6.10. The maximum atomic E-state index is 5.63. The topological polar surface area (TPSA) is 39.7 Å². The Morgan fingerprint density at radius 1 is 1.29 bits per heavy atom. The van der Waals surface area contributed by atoms with Crippen LogP contribution in [-0.2, 0) is 11.2 Å². The molecule has 1 saturated carbocycles. The summed E-state index contributed by atoms with van der Waals surface area (Å²) < 4.78 is 16.4. The van der Waals surface area contributed by atoms with E-state index in [1.165, 1.54) is 18.4 Å². The van der Waals surface area contributed by atoms with Gasteiger partial charge in [0.1, 0.15) is 0 Å². The zero-order chi connectivity index (χ0) is 14.5. The third-order valence-electron chi connectivity index (χ3n) is 4.09. The maximum absolute atomic E-state index is 5.63. The van der Waals surface area contributed by atoms with E-state index < -0.39 is 0 Å². The molecule has 1 aliphatic heterocycles. The smallest absolute Gasteiger partial charge is 0.231 e. The first-order chi connectivity index (χ1) is 10.3. The number of nitrogens with one attached hydrogen (secondary N) is 1. The Morgan fingerprint density at radius 2 is 2.14 bits per heavy atom. The van der Waals surface area contributed by atoms with Crippen molar-refractivity contribution in [2.24, 2.45) is 5.92 Å². The Bertz CT molecular complexity index is 459. The lowest BCUT2D eigenvalue weighted by Crippen LogP contribution is -2.30. The molecule has 1 aliphatic carbocycles. The second kappa shape index (κ2) is 7.14. The molecular formula is C17H25NO3. The summed E-state index contributed by atoms with van der Waals surface area (Å²) in [7, 11) is 0. The van der Waals surface area contributed by atoms with Crippen LogP contribution < -0.4 is 14.8 Å². The monoisotopic (exact) mass is 291 g/mol. The van der Waals surface area contributed by atoms with Gasteiger partial charge in [-0.1, -0.05) is 6.07 Å². The zero-order valence-electron chi connectivity index (χ0n) is 12.8. The minimum absolute atomic E-state index is 0.345. The first-order valence-electron chi connectivity index (χ1n) is 8.01. The largest absolute Gasteiger partial charge is 0.454 e. The molecule has 1 fully saturated rings. The van der Waals surface area contributed by atoms with Crippen LogP contribution in [0.2, 0.25) is 0 Å². The Morgan fingerprint density at radius 3 is 3.00 bits per heavy atom. The molecule has 0 bridgehead atoms. The van der Waals surface area contributed by atoms with Gasteiger partial charge in [0.15, 0.2) is 11.5 Å². The van der Waals surface area contributed by atoms with E-state index in [4.69, 9.17) is 14.2 Å². The summed E-state index contributed by atoms with van der Waals surface area (Å²) >= 11 is 0. The lowest BCUT2D eigenvalue weighted by atomic mass is 10.1.